The van der Waals surface area contributed by atoms with E-state index < -0.39 is 22.6 Å². The van der Waals surface area contributed by atoms with Crippen molar-refractivity contribution in [1.29, 1.82) is 0 Å². The standard InChI is InChI=1S/C23H16FN3O4/c24-17-7-4-8-18(13-17)25-21-20(16-9-11-19(12-10-16)27(30)31)22(28)26(23(21)29)14-15-5-2-1-3-6-15/h1-13,25H,14H2. The average molecular weight is 417 g/mol. The summed E-state index contributed by atoms with van der Waals surface area (Å²) in [5.74, 6) is -1.60. The zero-order chi connectivity index (χ0) is 22.0. The van der Waals surface area contributed by atoms with Crippen LogP contribution in [-0.4, -0.2) is 21.6 Å². The van der Waals surface area contributed by atoms with Crippen LogP contribution in [0.2, 0.25) is 0 Å². The summed E-state index contributed by atoms with van der Waals surface area (Å²) in [5, 5.41) is 13.8. The highest BCUT2D eigenvalue weighted by atomic mass is 19.1. The number of carbonyl (C=O) groups excluding carboxylic acids is 2. The maximum atomic E-state index is 13.6. The third-order valence-electron chi connectivity index (χ3n) is 4.81. The van der Waals surface area contributed by atoms with Crippen molar-refractivity contribution in [2.24, 2.45) is 0 Å². The summed E-state index contributed by atoms with van der Waals surface area (Å²) in [7, 11) is 0. The van der Waals surface area contributed by atoms with Gasteiger partial charge in [-0.2, -0.15) is 0 Å². The minimum Gasteiger partial charge on any atom is -0.350 e. The van der Waals surface area contributed by atoms with Crippen molar-refractivity contribution in [3.05, 3.63) is 112 Å². The number of hydrogen-bond acceptors (Lipinski definition) is 5. The van der Waals surface area contributed by atoms with Gasteiger partial charge in [0.1, 0.15) is 11.5 Å². The van der Waals surface area contributed by atoms with Crippen LogP contribution in [0.15, 0.2) is 84.6 Å². The van der Waals surface area contributed by atoms with Crippen molar-refractivity contribution in [2.45, 2.75) is 6.54 Å². The van der Waals surface area contributed by atoms with Crippen LogP contribution in [-0.2, 0) is 16.1 Å². The van der Waals surface area contributed by atoms with Gasteiger partial charge >= 0.3 is 0 Å². The van der Waals surface area contributed by atoms with E-state index >= 15 is 0 Å². The number of nitrogens with zero attached hydrogens (tertiary/aromatic N) is 2. The van der Waals surface area contributed by atoms with Crippen molar-refractivity contribution in [1.82, 2.24) is 4.90 Å². The molecule has 8 heteroatoms. The van der Waals surface area contributed by atoms with Gasteiger partial charge in [0.15, 0.2) is 0 Å². The molecule has 0 saturated heterocycles. The summed E-state index contributed by atoms with van der Waals surface area (Å²) in [6.07, 6.45) is 0. The highest BCUT2D eigenvalue weighted by molar-refractivity contribution is 6.36. The lowest BCUT2D eigenvalue weighted by Crippen LogP contribution is -2.31. The molecule has 1 aliphatic heterocycles. The highest BCUT2D eigenvalue weighted by Crippen LogP contribution is 2.32. The lowest BCUT2D eigenvalue weighted by Gasteiger charge is -2.15. The molecule has 4 rings (SSSR count). The molecule has 0 spiro atoms. The van der Waals surface area contributed by atoms with E-state index in [2.05, 4.69) is 5.32 Å². The molecule has 1 N–H and O–H groups in total. The van der Waals surface area contributed by atoms with Gasteiger partial charge in [-0.05, 0) is 41.5 Å². The molecular weight excluding hydrogens is 401 g/mol. The van der Waals surface area contributed by atoms with Gasteiger partial charge < -0.3 is 5.32 Å². The van der Waals surface area contributed by atoms with Crippen LogP contribution < -0.4 is 5.32 Å². The largest absolute Gasteiger partial charge is 0.350 e. The quantitative estimate of drug-likeness (QED) is 0.370. The molecule has 0 aliphatic carbocycles. The topological polar surface area (TPSA) is 92.5 Å². The third-order valence-corrected chi connectivity index (χ3v) is 4.81. The van der Waals surface area contributed by atoms with E-state index in [1.165, 1.54) is 42.5 Å². The first-order valence-electron chi connectivity index (χ1n) is 9.36. The van der Waals surface area contributed by atoms with Gasteiger partial charge in [0.2, 0.25) is 0 Å². The van der Waals surface area contributed by atoms with Gasteiger partial charge in [-0.3, -0.25) is 24.6 Å². The summed E-state index contributed by atoms with van der Waals surface area (Å²) in [6, 6.07) is 19.9. The Kier molecular flexibility index (Phi) is 5.28. The first kappa shape index (κ1) is 20.0. The first-order chi connectivity index (χ1) is 14.9. The Morgan fingerprint density at radius 2 is 1.61 bits per heavy atom. The second-order valence-electron chi connectivity index (χ2n) is 6.87. The molecule has 0 fully saturated rings. The number of rotatable bonds is 6. The van der Waals surface area contributed by atoms with Crippen LogP contribution in [0.3, 0.4) is 0 Å². The van der Waals surface area contributed by atoms with E-state index in [1.807, 2.05) is 6.07 Å². The lowest BCUT2D eigenvalue weighted by atomic mass is 10.0. The summed E-state index contributed by atoms with van der Waals surface area (Å²) in [5.41, 5.74) is 1.33. The van der Waals surface area contributed by atoms with E-state index in [9.17, 15) is 24.1 Å². The molecule has 1 heterocycles. The Bertz CT molecular complexity index is 1210. The molecule has 1 aliphatic rings. The number of nitro benzene ring substituents is 1. The number of carbonyl (C=O) groups is 2. The van der Waals surface area contributed by atoms with E-state index in [0.29, 0.717) is 11.3 Å². The fourth-order valence-electron chi connectivity index (χ4n) is 3.33. The molecule has 0 saturated carbocycles. The zero-order valence-corrected chi connectivity index (χ0v) is 16.1. The lowest BCUT2D eigenvalue weighted by molar-refractivity contribution is -0.384. The van der Waals surface area contributed by atoms with Crippen LogP contribution in [0, 0.1) is 15.9 Å². The molecule has 0 aromatic heterocycles. The SMILES string of the molecule is O=C1C(Nc2cccc(F)c2)=C(c2ccc([N+](=O)[O-])cc2)C(=O)N1Cc1ccccc1. The summed E-state index contributed by atoms with van der Waals surface area (Å²) in [6.45, 7) is 0.0588. The zero-order valence-electron chi connectivity index (χ0n) is 16.1. The maximum Gasteiger partial charge on any atom is 0.278 e. The smallest absolute Gasteiger partial charge is 0.278 e. The van der Waals surface area contributed by atoms with E-state index in [1.54, 1.807) is 30.3 Å². The number of nitrogens with one attached hydrogen (secondary N) is 1. The van der Waals surface area contributed by atoms with Crippen molar-refractivity contribution in [3.63, 3.8) is 0 Å². The predicted octanol–water partition coefficient (Wildman–Crippen LogP) is 4.13. The molecule has 154 valence electrons. The Hall–Kier alpha value is -4.33. The highest BCUT2D eigenvalue weighted by Gasteiger charge is 2.39. The molecule has 0 atom stereocenters. The molecule has 7 nitrogen and oxygen atoms in total. The molecular formula is C23H16FN3O4. The number of non-ortho nitro benzene ring substituents is 1. The third kappa shape index (κ3) is 4.04. The van der Waals surface area contributed by atoms with Gasteiger partial charge in [-0.15, -0.1) is 0 Å². The monoisotopic (exact) mass is 417 g/mol. The van der Waals surface area contributed by atoms with Crippen molar-refractivity contribution < 1.29 is 18.9 Å². The molecule has 2 amide bonds. The van der Waals surface area contributed by atoms with Crippen LogP contribution in [0.5, 0.6) is 0 Å². The normalized spacial score (nSPS) is 13.6. The van der Waals surface area contributed by atoms with Gasteiger partial charge in [-0.1, -0.05) is 36.4 Å². The summed E-state index contributed by atoms with van der Waals surface area (Å²) < 4.78 is 13.6. The predicted molar refractivity (Wildman–Crippen MR) is 112 cm³/mol. The average Bonchev–Trinajstić information content (AvgIpc) is 2.99. The maximum absolute atomic E-state index is 13.6. The minimum absolute atomic E-state index is 0.0135. The van der Waals surface area contributed by atoms with Gasteiger partial charge in [0.25, 0.3) is 17.5 Å². The van der Waals surface area contributed by atoms with E-state index in [4.69, 9.17) is 0 Å². The second kappa shape index (κ2) is 8.19. The molecule has 31 heavy (non-hydrogen) atoms. The van der Waals surface area contributed by atoms with Crippen LogP contribution >= 0.6 is 0 Å². The molecule has 0 unspecified atom stereocenters. The van der Waals surface area contributed by atoms with E-state index in [0.717, 1.165) is 10.5 Å². The summed E-state index contributed by atoms with van der Waals surface area (Å²) >= 11 is 0. The van der Waals surface area contributed by atoms with Crippen LogP contribution in [0.4, 0.5) is 15.8 Å². The molecule has 3 aromatic rings. The Morgan fingerprint density at radius 1 is 0.903 bits per heavy atom. The van der Waals surface area contributed by atoms with Crippen LogP contribution in [0.25, 0.3) is 5.57 Å². The van der Waals surface area contributed by atoms with E-state index in [-0.39, 0.29) is 23.5 Å². The first-order valence-corrected chi connectivity index (χ1v) is 9.36. The van der Waals surface area contributed by atoms with Crippen LogP contribution in [0.1, 0.15) is 11.1 Å². The van der Waals surface area contributed by atoms with Crippen molar-refractivity contribution in [2.75, 3.05) is 5.32 Å². The Balaban J connectivity index is 1.75. The van der Waals surface area contributed by atoms with Gasteiger partial charge in [0, 0.05) is 17.8 Å². The number of hydrogen-bond donors (Lipinski definition) is 1. The Labute approximate surface area is 176 Å². The number of imide groups is 1. The molecule has 0 bridgehead atoms. The number of benzene rings is 3. The van der Waals surface area contributed by atoms with Crippen molar-refractivity contribution >= 4 is 28.8 Å². The Morgan fingerprint density at radius 3 is 2.26 bits per heavy atom. The second-order valence-corrected chi connectivity index (χ2v) is 6.87. The molecule has 3 aromatic carbocycles. The minimum atomic E-state index is -0.563. The molecule has 0 radical (unpaired) electrons. The fourth-order valence-corrected chi connectivity index (χ4v) is 3.33. The fraction of sp³-hybridized carbons (Fsp3) is 0.0435. The number of nitro groups is 1. The number of amides is 2. The van der Waals surface area contributed by atoms with Gasteiger partial charge in [0.05, 0.1) is 17.0 Å². The summed E-state index contributed by atoms with van der Waals surface area (Å²) in [4.78, 5) is 37.9. The van der Waals surface area contributed by atoms with Crippen molar-refractivity contribution in [3.8, 4) is 0 Å². The number of halogens is 1. The number of anilines is 1. The van der Waals surface area contributed by atoms with Gasteiger partial charge in [-0.25, -0.2) is 4.39 Å².